The van der Waals surface area contributed by atoms with E-state index >= 15 is 0 Å². The van der Waals surface area contributed by atoms with Crippen LogP contribution in [0.1, 0.15) is 63.0 Å². The van der Waals surface area contributed by atoms with Crippen LogP contribution >= 0.6 is 0 Å². The molecule has 3 rings (SSSR count). The number of rotatable bonds is 10. The van der Waals surface area contributed by atoms with Gasteiger partial charge >= 0.3 is 0 Å². The van der Waals surface area contributed by atoms with Crippen molar-refractivity contribution in [3.63, 3.8) is 0 Å². The number of nitro groups is 1. The molecule has 0 bridgehead atoms. The number of sulfonamides is 1. The molecule has 198 valence electrons. The number of carbonyl (C=O) groups is 1. The van der Waals surface area contributed by atoms with Crippen LogP contribution in [0.25, 0.3) is 0 Å². The van der Waals surface area contributed by atoms with Gasteiger partial charge in [0.15, 0.2) is 5.69 Å². The third-order valence-electron chi connectivity index (χ3n) is 5.61. The lowest BCUT2D eigenvalue weighted by atomic mass is 10.1. The smallest absolute Gasteiger partial charge is 0.272 e. The quantitative estimate of drug-likeness (QED) is 0.355. The third kappa shape index (κ3) is 6.20. The zero-order chi connectivity index (χ0) is 26.7. The van der Waals surface area contributed by atoms with Crippen LogP contribution in [0.4, 0.5) is 5.69 Å². The van der Waals surface area contributed by atoms with Gasteiger partial charge in [-0.15, -0.1) is 0 Å². The number of non-ortho nitro benzene ring substituents is 1. The number of hydrogen-bond acceptors (Lipinski definition) is 8. The van der Waals surface area contributed by atoms with E-state index in [1.807, 2.05) is 20.8 Å². The van der Waals surface area contributed by atoms with Gasteiger partial charge in [0.05, 0.1) is 16.6 Å². The Morgan fingerprint density at radius 3 is 2.67 bits per heavy atom. The normalized spacial score (nSPS) is 16.2. The first-order chi connectivity index (χ1) is 16.8. The molecule has 12 nitrogen and oxygen atoms in total. The second-order valence-electron chi connectivity index (χ2n) is 9.59. The van der Waals surface area contributed by atoms with E-state index in [-0.39, 0.29) is 34.9 Å². The molecule has 2 N–H and O–H groups in total. The molecule has 0 unspecified atom stereocenters. The van der Waals surface area contributed by atoms with Crippen molar-refractivity contribution >= 4 is 21.6 Å². The van der Waals surface area contributed by atoms with Gasteiger partial charge in [0.1, 0.15) is 10.6 Å². The van der Waals surface area contributed by atoms with Crippen LogP contribution in [0.5, 0.6) is 11.6 Å². The fraction of sp³-hybridized carbons (Fsp3) is 0.565. The molecule has 2 heterocycles. The lowest BCUT2D eigenvalue weighted by Gasteiger charge is -2.22. The van der Waals surface area contributed by atoms with Crippen molar-refractivity contribution in [3.05, 3.63) is 39.6 Å². The standard InChI is InChI=1S/C23H33N5O7S/c1-6-11-25-36(32,33)19-13-16(28(30)31)9-10-18(19)35-22-15(2)20(26-27(22)23(3,4)5)21(29)24-14-17-8-7-12-34-17/h9-10,13,17,25H,6-8,11-12,14H2,1-5H3,(H,24,29)/t17-/m1/s1. The first kappa shape index (κ1) is 27.6. The molecule has 1 aliphatic heterocycles. The van der Waals surface area contributed by atoms with E-state index in [9.17, 15) is 23.3 Å². The van der Waals surface area contributed by atoms with Gasteiger partial charge in [0.2, 0.25) is 15.9 Å². The molecule has 0 radical (unpaired) electrons. The summed E-state index contributed by atoms with van der Waals surface area (Å²) in [5.41, 5.74) is -0.492. The van der Waals surface area contributed by atoms with Gasteiger partial charge in [-0.25, -0.2) is 17.8 Å². The van der Waals surface area contributed by atoms with Crippen LogP contribution in [0.2, 0.25) is 0 Å². The van der Waals surface area contributed by atoms with Gasteiger partial charge in [-0.05, 0) is 53.0 Å². The zero-order valence-corrected chi connectivity index (χ0v) is 22.0. The van der Waals surface area contributed by atoms with E-state index in [0.29, 0.717) is 25.1 Å². The van der Waals surface area contributed by atoms with E-state index < -0.39 is 32.1 Å². The average molecular weight is 524 g/mol. The number of nitro benzene ring substituents is 1. The van der Waals surface area contributed by atoms with Gasteiger partial charge in [0, 0.05) is 37.4 Å². The van der Waals surface area contributed by atoms with E-state index in [1.165, 1.54) is 10.7 Å². The SMILES string of the molecule is CCCNS(=O)(=O)c1cc([N+](=O)[O-])ccc1Oc1c(C)c(C(=O)NC[C@H]2CCCO2)nn1C(C)(C)C. The molecule has 0 aliphatic carbocycles. The Morgan fingerprint density at radius 2 is 2.08 bits per heavy atom. The lowest BCUT2D eigenvalue weighted by Crippen LogP contribution is -2.32. The van der Waals surface area contributed by atoms with Crippen molar-refractivity contribution in [2.75, 3.05) is 19.7 Å². The van der Waals surface area contributed by atoms with Crippen molar-refractivity contribution in [1.82, 2.24) is 19.8 Å². The minimum absolute atomic E-state index is 0.0434. The lowest BCUT2D eigenvalue weighted by molar-refractivity contribution is -0.385. The molecule has 13 heteroatoms. The number of hydrogen-bond donors (Lipinski definition) is 2. The first-order valence-corrected chi connectivity index (χ1v) is 13.3. The number of amides is 1. The number of nitrogens with one attached hydrogen (secondary N) is 2. The minimum atomic E-state index is -4.12. The van der Waals surface area contributed by atoms with E-state index in [4.69, 9.17) is 9.47 Å². The van der Waals surface area contributed by atoms with Gasteiger partial charge in [-0.3, -0.25) is 14.9 Å². The second kappa shape index (κ2) is 10.9. The Balaban J connectivity index is 2.02. The highest BCUT2D eigenvalue weighted by atomic mass is 32.2. The Bertz CT molecular complexity index is 1230. The van der Waals surface area contributed by atoms with Gasteiger partial charge < -0.3 is 14.8 Å². The summed E-state index contributed by atoms with van der Waals surface area (Å²) in [6.07, 6.45) is 2.31. The summed E-state index contributed by atoms with van der Waals surface area (Å²) in [7, 11) is -4.12. The topological polar surface area (TPSA) is 155 Å². The number of carbonyl (C=O) groups excluding carboxylic acids is 1. The molecule has 2 aromatic rings. The van der Waals surface area contributed by atoms with E-state index in [0.717, 1.165) is 25.0 Å². The van der Waals surface area contributed by atoms with Crippen LogP contribution < -0.4 is 14.8 Å². The first-order valence-electron chi connectivity index (χ1n) is 11.8. The monoisotopic (exact) mass is 523 g/mol. The summed E-state index contributed by atoms with van der Waals surface area (Å²) in [4.78, 5) is 23.2. The van der Waals surface area contributed by atoms with Crippen LogP contribution in [0, 0.1) is 17.0 Å². The summed E-state index contributed by atoms with van der Waals surface area (Å²) in [5.74, 6) is -0.369. The fourth-order valence-electron chi connectivity index (χ4n) is 3.69. The highest BCUT2D eigenvalue weighted by molar-refractivity contribution is 7.89. The predicted octanol–water partition coefficient (Wildman–Crippen LogP) is 3.24. The number of aromatic nitrogens is 2. The molecule has 1 saturated heterocycles. The Kier molecular flexibility index (Phi) is 8.37. The molecule has 0 saturated carbocycles. The van der Waals surface area contributed by atoms with Crippen LogP contribution in [0.15, 0.2) is 23.1 Å². The van der Waals surface area contributed by atoms with Gasteiger partial charge in [0.25, 0.3) is 11.6 Å². The molecule has 1 amide bonds. The van der Waals surface area contributed by atoms with Gasteiger partial charge in [-0.2, -0.15) is 5.10 Å². The molecular formula is C23H33N5O7S. The fourth-order valence-corrected chi connectivity index (χ4v) is 4.97. The van der Waals surface area contributed by atoms with Gasteiger partial charge in [-0.1, -0.05) is 6.92 Å². The maximum Gasteiger partial charge on any atom is 0.272 e. The summed E-state index contributed by atoms with van der Waals surface area (Å²) < 4.78 is 41.4. The van der Waals surface area contributed by atoms with Crippen molar-refractivity contribution < 1.29 is 27.6 Å². The Labute approximate surface area is 210 Å². The maximum atomic E-state index is 13.0. The van der Waals surface area contributed by atoms with E-state index in [2.05, 4.69) is 15.1 Å². The Morgan fingerprint density at radius 1 is 1.36 bits per heavy atom. The maximum absolute atomic E-state index is 13.0. The number of benzene rings is 1. The highest BCUT2D eigenvalue weighted by Gasteiger charge is 2.30. The minimum Gasteiger partial charge on any atom is -0.438 e. The molecule has 1 aliphatic rings. The Hall–Kier alpha value is -3.03. The van der Waals surface area contributed by atoms with Crippen molar-refractivity contribution in [1.29, 1.82) is 0 Å². The summed E-state index contributed by atoms with van der Waals surface area (Å²) in [6, 6.07) is 3.35. The molecule has 36 heavy (non-hydrogen) atoms. The summed E-state index contributed by atoms with van der Waals surface area (Å²) in [6.45, 7) is 10.2. The predicted molar refractivity (Wildman–Crippen MR) is 132 cm³/mol. The second-order valence-corrected chi connectivity index (χ2v) is 11.3. The molecule has 1 aromatic carbocycles. The molecule has 1 aromatic heterocycles. The largest absolute Gasteiger partial charge is 0.438 e. The summed E-state index contributed by atoms with van der Waals surface area (Å²) >= 11 is 0. The summed E-state index contributed by atoms with van der Waals surface area (Å²) in [5, 5.41) is 18.6. The molecule has 1 atom stereocenters. The van der Waals surface area contributed by atoms with E-state index in [1.54, 1.807) is 13.8 Å². The number of nitrogens with zero attached hydrogens (tertiary/aromatic N) is 3. The third-order valence-corrected chi connectivity index (χ3v) is 7.09. The zero-order valence-electron chi connectivity index (χ0n) is 21.2. The number of ether oxygens (including phenoxy) is 2. The molecular weight excluding hydrogens is 490 g/mol. The molecule has 0 spiro atoms. The van der Waals surface area contributed by atoms with Crippen molar-refractivity contribution in [2.45, 2.75) is 70.4 Å². The molecule has 1 fully saturated rings. The van der Waals surface area contributed by atoms with Crippen molar-refractivity contribution in [2.24, 2.45) is 0 Å². The van der Waals surface area contributed by atoms with Crippen LogP contribution in [-0.4, -0.2) is 54.8 Å². The van der Waals surface area contributed by atoms with Crippen LogP contribution in [-0.2, 0) is 20.3 Å². The highest BCUT2D eigenvalue weighted by Crippen LogP contribution is 2.36. The van der Waals surface area contributed by atoms with Crippen molar-refractivity contribution in [3.8, 4) is 11.6 Å². The van der Waals surface area contributed by atoms with Crippen LogP contribution in [0.3, 0.4) is 0 Å². The average Bonchev–Trinajstić information content (AvgIpc) is 3.44.